The lowest BCUT2D eigenvalue weighted by atomic mass is 9.88. The Balaban J connectivity index is 2.06. The van der Waals surface area contributed by atoms with E-state index in [1.165, 1.54) is 37.3 Å². The van der Waals surface area contributed by atoms with Gasteiger partial charge in [-0.15, -0.1) is 0 Å². The lowest BCUT2D eigenvalue weighted by Crippen LogP contribution is -2.29. The molecule has 1 N–H and O–H groups in total. The Hall–Kier alpha value is -3.75. The van der Waals surface area contributed by atoms with E-state index < -0.39 is 34.9 Å². The highest BCUT2D eigenvalue weighted by molar-refractivity contribution is 6.25. The second-order valence-corrected chi connectivity index (χ2v) is 7.47. The van der Waals surface area contributed by atoms with Crippen LogP contribution < -0.4 is 5.56 Å². The first kappa shape index (κ1) is 21.5. The van der Waals surface area contributed by atoms with Crippen molar-refractivity contribution in [2.45, 2.75) is 32.4 Å². The van der Waals surface area contributed by atoms with E-state index in [9.17, 15) is 32.7 Å². The number of hydrogen-bond donors (Lipinski definition) is 1. The molecule has 0 saturated heterocycles. The molecule has 0 radical (unpaired) electrons. The monoisotopic (exact) mass is 442 g/mol. The molecule has 1 aromatic heterocycles. The number of carbonyl (C=O) groups is 2. The summed E-state index contributed by atoms with van der Waals surface area (Å²) in [5.41, 5.74) is -1.42. The quantitative estimate of drug-likeness (QED) is 0.363. The Morgan fingerprint density at radius 2 is 1.62 bits per heavy atom. The molecule has 6 nitrogen and oxygen atoms in total. The first-order valence-corrected chi connectivity index (χ1v) is 9.80. The number of rotatable bonds is 2. The average molecular weight is 442 g/mol. The van der Waals surface area contributed by atoms with E-state index in [1.807, 2.05) is 0 Å². The lowest BCUT2D eigenvalue weighted by molar-refractivity contribution is -0.146. The number of benzene rings is 2. The second-order valence-electron chi connectivity index (χ2n) is 7.47. The number of aliphatic hydroxyl groups excluding tert-OH is 1. The largest absolute Gasteiger partial charge is 0.506 e. The third kappa shape index (κ3) is 3.49. The topological polar surface area (TPSA) is 89.3 Å². The molecule has 0 unspecified atom stereocenters. The molecule has 1 saturated carbocycles. The molecule has 164 valence electrons. The van der Waals surface area contributed by atoms with Gasteiger partial charge in [0.15, 0.2) is 11.6 Å². The zero-order valence-electron chi connectivity index (χ0n) is 16.9. The van der Waals surface area contributed by atoms with Crippen LogP contribution in [0.15, 0.2) is 52.8 Å². The number of aliphatic hydroxyl groups is 1. The highest BCUT2D eigenvalue weighted by atomic mass is 19.4. The second kappa shape index (κ2) is 7.74. The maximum absolute atomic E-state index is 13.7. The summed E-state index contributed by atoms with van der Waals surface area (Å²) in [6.07, 6.45) is -4.30. The van der Waals surface area contributed by atoms with E-state index in [2.05, 4.69) is 4.98 Å². The van der Waals surface area contributed by atoms with Crippen molar-refractivity contribution in [3.8, 4) is 5.69 Å². The number of alkyl halides is 3. The maximum Gasteiger partial charge on any atom is 0.450 e. The summed E-state index contributed by atoms with van der Waals surface area (Å²) in [6.45, 7) is 1.43. The molecule has 1 aliphatic rings. The summed E-state index contributed by atoms with van der Waals surface area (Å²) in [5.74, 6) is -2.98. The van der Waals surface area contributed by atoms with Crippen LogP contribution in [0.25, 0.3) is 22.3 Å². The lowest BCUT2D eigenvalue weighted by Gasteiger charge is -2.18. The average Bonchev–Trinajstić information content (AvgIpc) is 2.73. The molecule has 1 fully saturated rings. The van der Waals surface area contributed by atoms with E-state index in [0.717, 1.165) is 6.07 Å². The van der Waals surface area contributed by atoms with Gasteiger partial charge in [-0.2, -0.15) is 13.2 Å². The fraction of sp³-hybridized carbons (Fsp3) is 0.217. The molecule has 0 bridgehead atoms. The molecule has 0 spiro atoms. The summed E-state index contributed by atoms with van der Waals surface area (Å²) in [4.78, 5) is 41.4. The summed E-state index contributed by atoms with van der Waals surface area (Å²) in [7, 11) is 0. The van der Waals surface area contributed by atoms with Gasteiger partial charge in [-0.1, -0.05) is 18.2 Å². The van der Waals surface area contributed by atoms with Gasteiger partial charge in [-0.05, 0) is 43.2 Å². The fourth-order valence-corrected chi connectivity index (χ4v) is 3.91. The van der Waals surface area contributed by atoms with Crippen molar-refractivity contribution >= 4 is 28.2 Å². The van der Waals surface area contributed by atoms with Gasteiger partial charge < -0.3 is 5.11 Å². The number of nitrogens with zero attached hydrogens (tertiary/aromatic N) is 2. The van der Waals surface area contributed by atoms with Crippen LogP contribution in [0.5, 0.6) is 0 Å². The number of ketones is 2. The molecular weight excluding hydrogens is 425 g/mol. The van der Waals surface area contributed by atoms with Crippen molar-refractivity contribution in [2.75, 3.05) is 0 Å². The molecule has 32 heavy (non-hydrogen) atoms. The van der Waals surface area contributed by atoms with Gasteiger partial charge in [0.1, 0.15) is 11.3 Å². The number of halogens is 3. The maximum atomic E-state index is 13.7. The van der Waals surface area contributed by atoms with Crippen molar-refractivity contribution in [2.24, 2.45) is 0 Å². The van der Waals surface area contributed by atoms with Gasteiger partial charge in [0.05, 0.1) is 16.6 Å². The van der Waals surface area contributed by atoms with Gasteiger partial charge in [0.25, 0.3) is 5.56 Å². The molecule has 0 atom stereocenters. The SMILES string of the molecule is Cc1c(C(O)=C2C(=O)CCCC2=O)ccc2nc(C(F)(F)F)n(-c3ccccc3)c(=O)c12. The minimum Gasteiger partial charge on any atom is -0.506 e. The van der Waals surface area contributed by atoms with Crippen LogP contribution in [0.2, 0.25) is 0 Å². The van der Waals surface area contributed by atoms with Gasteiger partial charge in [-0.25, -0.2) is 4.98 Å². The highest BCUT2D eigenvalue weighted by Gasteiger charge is 2.38. The third-order valence-electron chi connectivity index (χ3n) is 5.42. The molecule has 0 aliphatic heterocycles. The number of allylic oxidation sites excluding steroid dienone is 1. The third-order valence-corrected chi connectivity index (χ3v) is 5.42. The number of Topliss-reactive ketones (excluding diaryl/α,β-unsaturated/α-hetero) is 2. The molecule has 1 heterocycles. The van der Waals surface area contributed by atoms with Crippen LogP contribution in [0, 0.1) is 6.92 Å². The Labute approximate surface area is 179 Å². The summed E-state index contributed by atoms with van der Waals surface area (Å²) >= 11 is 0. The molecule has 0 amide bonds. The van der Waals surface area contributed by atoms with E-state index in [1.54, 1.807) is 6.07 Å². The van der Waals surface area contributed by atoms with Gasteiger partial charge in [-0.3, -0.25) is 19.0 Å². The van der Waals surface area contributed by atoms with Gasteiger partial charge in [0, 0.05) is 18.4 Å². The van der Waals surface area contributed by atoms with E-state index in [0.29, 0.717) is 11.0 Å². The molecule has 2 aromatic carbocycles. The zero-order chi connectivity index (χ0) is 23.2. The van der Waals surface area contributed by atoms with Crippen LogP contribution in [-0.2, 0) is 15.8 Å². The Bertz CT molecular complexity index is 1340. The number of para-hydroxylation sites is 1. The Kier molecular flexibility index (Phi) is 5.20. The molecule has 4 rings (SSSR count). The van der Waals surface area contributed by atoms with Crippen molar-refractivity contribution in [3.05, 3.63) is 75.3 Å². The van der Waals surface area contributed by atoms with E-state index >= 15 is 0 Å². The number of carbonyl (C=O) groups excluding carboxylic acids is 2. The molecular formula is C23H17F3N2O4. The van der Waals surface area contributed by atoms with Crippen LogP contribution in [0.1, 0.15) is 36.2 Å². The van der Waals surface area contributed by atoms with E-state index in [4.69, 9.17) is 0 Å². The standard InChI is InChI=1S/C23H17F3N2O4/c1-12-14(20(31)19-16(29)8-5-9-17(19)30)10-11-15-18(12)21(32)28(13-6-3-2-4-7-13)22(27-15)23(24,25)26/h2-4,6-7,10-11,31H,5,8-9H2,1H3. The molecule has 9 heteroatoms. The number of fused-ring (bicyclic) bond motifs is 1. The normalized spacial score (nSPS) is 14.8. The number of aromatic nitrogens is 2. The molecule has 3 aromatic rings. The van der Waals surface area contributed by atoms with Crippen molar-refractivity contribution in [1.82, 2.24) is 9.55 Å². The van der Waals surface area contributed by atoms with Crippen molar-refractivity contribution in [3.63, 3.8) is 0 Å². The van der Waals surface area contributed by atoms with E-state index in [-0.39, 0.29) is 46.1 Å². The van der Waals surface area contributed by atoms with Crippen LogP contribution in [0.3, 0.4) is 0 Å². The van der Waals surface area contributed by atoms with Crippen LogP contribution >= 0.6 is 0 Å². The summed E-state index contributed by atoms with van der Waals surface area (Å²) < 4.78 is 41.7. The first-order chi connectivity index (χ1) is 15.1. The smallest absolute Gasteiger partial charge is 0.450 e. The van der Waals surface area contributed by atoms with Crippen molar-refractivity contribution < 1.29 is 27.9 Å². The summed E-state index contributed by atoms with van der Waals surface area (Å²) in [5, 5.41) is 10.6. The van der Waals surface area contributed by atoms with Gasteiger partial charge >= 0.3 is 6.18 Å². The zero-order valence-corrected chi connectivity index (χ0v) is 16.9. The van der Waals surface area contributed by atoms with Gasteiger partial charge in [0.2, 0.25) is 5.82 Å². The predicted molar refractivity (Wildman–Crippen MR) is 110 cm³/mol. The van der Waals surface area contributed by atoms with Crippen LogP contribution in [0.4, 0.5) is 13.2 Å². The number of aryl methyl sites for hydroxylation is 1. The Morgan fingerprint density at radius 3 is 2.22 bits per heavy atom. The van der Waals surface area contributed by atoms with Crippen molar-refractivity contribution in [1.29, 1.82) is 0 Å². The van der Waals surface area contributed by atoms with Crippen LogP contribution in [-0.4, -0.2) is 26.2 Å². The Morgan fingerprint density at radius 1 is 1.00 bits per heavy atom. The minimum absolute atomic E-state index is 0.0226. The fourth-order valence-electron chi connectivity index (χ4n) is 3.91. The molecule has 1 aliphatic carbocycles. The minimum atomic E-state index is -4.90. The first-order valence-electron chi connectivity index (χ1n) is 9.80. The predicted octanol–water partition coefficient (Wildman–Crippen LogP) is 4.30. The highest BCUT2D eigenvalue weighted by Crippen LogP contribution is 2.32. The number of hydrogen-bond acceptors (Lipinski definition) is 5. The summed E-state index contributed by atoms with van der Waals surface area (Å²) in [6, 6.07) is 9.71.